The highest BCUT2D eigenvalue weighted by Crippen LogP contribution is 1.96. The molecule has 6 heteroatoms. The first-order valence-electron chi connectivity index (χ1n) is 4.04. The number of hydrogen-bond donors (Lipinski definition) is 2. The fraction of sp³-hybridized carbons (Fsp3) is 0.625. The molecule has 0 aromatic rings. The molecule has 0 fully saturated rings. The molecule has 1 atom stereocenters. The average Bonchev–Trinajstić information content (AvgIpc) is 2.01. The minimum atomic E-state index is -1.21. The summed E-state index contributed by atoms with van der Waals surface area (Å²) in [5.74, 6) is -2.02. The molecule has 2 N–H and O–H groups in total. The van der Waals surface area contributed by atoms with Crippen LogP contribution in [-0.2, 0) is 14.4 Å². The first kappa shape index (κ1) is 12.4. The molecule has 0 aliphatic heterocycles. The molecule has 0 heterocycles. The summed E-state index contributed by atoms with van der Waals surface area (Å²) in [7, 11) is 3.05. The van der Waals surface area contributed by atoms with Crippen molar-refractivity contribution in [3.05, 3.63) is 0 Å². The normalized spacial score (nSPS) is 11.6. The van der Waals surface area contributed by atoms with Crippen LogP contribution in [0.3, 0.4) is 0 Å². The molecular formula is C8H14N2O4. The van der Waals surface area contributed by atoms with Crippen LogP contribution in [0, 0.1) is 0 Å². The van der Waals surface area contributed by atoms with Crippen LogP contribution in [-0.4, -0.2) is 47.9 Å². The number of carboxylic acid groups (broad SMARTS) is 1. The Kier molecular flexibility index (Phi) is 4.62. The Balaban J connectivity index is 4.31. The van der Waals surface area contributed by atoms with Crippen LogP contribution >= 0.6 is 0 Å². The Hall–Kier alpha value is -1.59. The van der Waals surface area contributed by atoms with E-state index in [1.807, 2.05) is 0 Å². The summed E-state index contributed by atoms with van der Waals surface area (Å²) in [5.41, 5.74) is 0. The van der Waals surface area contributed by atoms with Gasteiger partial charge in [-0.1, -0.05) is 0 Å². The Labute approximate surface area is 81.9 Å². The van der Waals surface area contributed by atoms with Gasteiger partial charge in [0, 0.05) is 21.0 Å². The van der Waals surface area contributed by atoms with E-state index >= 15 is 0 Å². The van der Waals surface area contributed by atoms with Crippen LogP contribution in [0.4, 0.5) is 0 Å². The summed E-state index contributed by atoms with van der Waals surface area (Å²) < 4.78 is 0. The number of nitrogens with one attached hydrogen (secondary N) is 1. The number of carboxylic acids is 1. The summed E-state index contributed by atoms with van der Waals surface area (Å²) in [6.45, 7) is 1.20. The zero-order valence-electron chi connectivity index (χ0n) is 8.40. The minimum absolute atomic E-state index is 0.234. The largest absolute Gasteiger partial charge is 0.480 e. The summed E-state index contributed by atoms with van der Waals surface area (Å²) >= 11 is 0. The Morgan fingerprint density at radius 1 is 1.36 bits per heavy atom. The van der Waals surface area contributed by atoms with Crippen molar-refractivity contribution >= 4 is 17.8 Å². The van der Waals surface area contributed by atoms with Gasteiger partial charge in [-0.2, -0.15) is 0 Å². The number of amides is 2. The molecule has 0 aliphatic rings. The van der Waals surface area contributed by atoms with E-state index in [0.717, 1.165) is 0 Å². The van der Waals surface area contributed by atoms with Crippen LogP contribution in [0.5, 0.6) is 0 Å². The number of nitrogens with zero attached hydrogens (tertiary/aromatic N) is 1. The zero-order chi connectivity index (χ0) is 11.3. The lowest BCUT2D eigenvalue weighted by atomic mass is 10.2. The lowest BCUT2D eigenvalue weighted by Gasteiger charge is -2.15. The van der Waals surface area contributed by atoms with Crippen molar-refractivity contribution < 1.29 is 19.5 Å². The molecular weight excluding hydrogens is 188 g/mol. The predicted octanol–water partition coefficient (Wildman–Crippen LogP) is -0.946. The first-order valence-corrected chi connectivity index (χ1v) is 4.04. The van der Waals surface area contributed by atoms with Crippen molar-refractivity contribution in [2.45, 2.75) is 19.4 Å². The van der Waals surface area contributed by atoms with E-state index in [9.17, 15) is 14.4 Å². The minimum Gasteiger partial charge on any atom is -0.480 e. The van der Waals surface area contributed by atoms with E-state index in [2.05, 4.69) is 5.32 Å². The van der Waals surface area contributed by atoms with Gasteiger partial charge in [-0.05, 0) is 0 Å². The maximum atomic E-state index is 11.2. The van der Waals surface area contributed by atoms with Gasteiger partial charge in [0.05, 0.1) is 6.42 Å². The van der Waals surface area contributed by atoms with E-state index in [4.69, 9.17) is 5.11 Å². The average molecular weight is 202 g/mol. The Bertz CT molecular complexity index is 250. The van der Waals surface area contributed by atoms with E-state index in [-0.39, 0.29) is 12.3 Å². The molecule has 0 spiro atoms. The monoisotopic (exact) mass is 202 g/mol. The van der Waals surface area contributed by atoms with Crippen molar-refractivity contribution in [1.82, 2.24) is 10.2 Å². The smallest absolute Gasteiger partial charge is 0.326 e. The van der Waals surface area contributed by atoms with Gasteiger partial charge in [0.25, 0.3) is 0 Å². The third-order valence-corrected chi connectivity index (χ3v) is 1.55. The molecule has 0 bridgehead atoms. The predicted molar refractivity (Wildman–Crippen MR) is 48.6 cm³/mol. The van der Waals surface area contributed by atoms with Crippen LogP contribution in [0.15, 0.2) is 0 Å². The standard InChI is InChI=1S/C8H14N2O4/c1-5(11)9-6(8(13)14)4-7(12)10(2)3/h6H,4H2,1-3H3,(H,9,11)(H,13,14)/t6-/m0/s1. The molecule has 80 valence electrons. The SMILES string of the molecule is CC(=O)N[C@@H](CC(=O)N(C)C)C(=O)O. The summed E-state index contributed by atoms with van der Waals surface area (Å²) in [5, 5.41) is 10.8. The molecule has 14 heavy (non-hydrogen) atoms. The topological polar surface area (TPSA) is 86.7 Å². The van der Waals surface area contributed by atoms with E-state index < -0.39 is 17.9 Å². The van der Waals surface area contributed by atoms with Gasteiger partial charge in [-0.3, -0.25) is 9.59 Å². The van der Waals surface area contributed by atoms with Gasteiger partial charge in [-0.15, -0.1) is 0 Å². The number of carbonyl (C=O) groups is 3. The molecule has 0 saturated carbocycles. The Morgan fingerprint density at radius 3 is 2.14 bits per heavy atom. The van der Waals surface area contributed by atoms with Gasteiger partial charge < -0.3 is 15.3 Å². The zero-order valence-corrected chi connectivity index (χ0v) is 8.40. The second-order valence-electron chi connectivity index (χ2n) is 3.08. The second-order valence-corrected chi connectivity index (χ2v) is 3.08. The van der Waals surface area contributed by atoms with E-state index in [1.165, 1.54) is 25.9 Å². The van der Waals surface area contributed by atoms with Crippen LogP contribution in [0.2, 0.25) is 0 Å². The van der Waals surface area contributed by atoms with Gasteiger partial charge in [0.2, 0.25) is 11.8 Å². The number of rotatable bonds is 4. The van der Waals surface area contributed by atoms with E-state index in [1.54, 1.807) is 0 Å². The van der Waals surface area contributed by atoms with Crippen molar-refractivity contribution in [2.75, 3.05) is 14.1 Å². The van der Waals surface area contributed by atoms with Crippen molar-refractivity contribution in [3.63, 3.8) is 0 Å². The fourth-order valence-electron chi connectivity index (χ4n) is 0.803. The maximum absolute atomic E-state index is 11.2. The quantitative estimate of drug-likeness (QED) is 0.615. The molecule has 0 aromatic heterocycles. The van der Waals surface area contributed by atoms with Crippen molar-refractivity contribution in [3.8, 4) is 0 Å². The fourth-order valence-corrected chi connectivity index (χ4v) is 0.803. The highest BCUT2D eigenvalue weighted by molar-refractivity contribution is 5.87. The maximum Gasteiger partial charge on any atom is 0.326 e. The molecule has 0 rings (SSSR count). The number of hydrogen-bond acceptors (Lipinski definition) is 3. The highest BCUT2D eigenvalue weighted by Gasteiger charge is 2.22. The molecule has 0 unspecified atom stereocenters. The van der Waals surface area contributed by atoms with Crippen LogP contribution in [0.1, 0.15) is 13.3 Å². The third-order valence-electron chi connectivity index (χ3n) is 1.55. The second kappa shape index (κ2) is 5.21. The van der Waals surface area contributed by atoms with Gasteiger partial charge >= 0.3 is 5.97 Å². The van der Waals surface area contributed by atoms with Crippen LogP contribution < -0.4 is 5.32 Å². The molecule has 0 aliphatic carbocycles. The lowest BCUT2D eigenvalue weighted by Crippen LogP contribution is -2.43. The Morgan fingerprint density at radius 2 is 1.86 bits per heavy atom. The molecule has 0 radical (unpaired) electrons. The van der Waals surface area contributed by atoms with Crippen molar-refractivity contribution in [1.29, 1.82) is 0 Å². The summed E-state index contributed by atoms with van der Waals surface area (Å²) in [6, 6.07) is -1.15. The molecule has 0 aromatic carbocycles. The number of carbonyl (C=O) groups excluding carboxylic acids is 2. The summed E-state index contributed by atoms with van der Waals surface area (Å²) in [6.07, 6.45) is -0.234. The van der Waals surface area contributed by atoms with Crippen LogP contribution in [0.25, 0.3) is 0 Å². The lowest BCUT2D eigenvalue weighted by molar-refractivity contribution is -0.144. The van der Waals surface area contributed by atoms with E-state index in [0.29, 0.717) is 0 Å². The molecule has 2 amide bonds. The van der Waals surface area contributed by atoms with Gasteiger partial charge in [-0.25, -0.2) is 4.79 Å². The summed E-state index contributed by atoms with van der Waals surface area (Å²) in [4.78, 5) is 33.6. The van der Waals surface area contributed by atoms with Crippen molar-refractivity contribution in [2.24, 2.45) is 0 Å². The molecule has 0 saturated heterocycles. The highest BCUT2D eigenvalue weighted by atomic mass is 16.4. The molecule has 6 nitrogen and oxygen atoms in total. The first-order chi connectivity index (χ1) is 6.34. The number of aliphatic carboxylic acids is 1. The van der Waals surface area contributed by atoms with Gasteiger partial charge in [0.15, 0.2) is 0 Å². The third kappa shape index (κ3) is 4.44. The van der Waals surface area contributed by atoms with Gasteiger partial charge in [0.1, 0.15) is 6.04 Å².